The van der Waals surface area contributed by atoms with Crippen molar-refractivity contribution < 1.29 is 18.0 Å². The highest BCUT2D eigenvalue weighted by atomic mass is 32.2. The molecule has 0 aliphatic carbocycles. The predicted molar refractivity (Wildman–Crippen MR) is 98.3 cm³/mol. The molecule has 0 radical (unpaired) electrons. The Bertz CT molecular complexity index is 898. The van der Waals surface area contributed by atoms with Gasteiger partial charge in [-0.05, 0) is 36.4 Å². The topological polar surface area (TPSA) is 54.9 Å². The van der Waals surface area contributed by atoms with Crippen LogP contribution in [0.25, 0.3) is 11.3 Å². The number of amides is 1. The van der Waals surface area contributed by atoms with E-state index in [0.29, 0.717) is 10.7 Å². The maximum atomic E-state index is 12.5. The van der Waals surface area contributed by atoms with Crippen LogP contribution in [0.2, 0.25) is 0 Å². The number of hydrogen-bond acceptors (Lipinski definition) is 4. The standard InChI is InChI=1S/C19H14F3N3OS/c20-19(21,22)14-6-8-15(9-7-14)23-17(26)12-27-18-11-10-16(24-25-18)13-4-2-1-3-5-13/h1-11H,12H2,(H,23,26). The first-order valence-electron chi connectivity index (χ1n) is 7.91. The van der Waals surface area contributed by atoms with E-state index in [4.69, 9.17) is 0 Å². The van der Waals surface area contributed by atoms with E-state index in [2.05, 4.69) is 15.5 Å². The molecule has 0 fully saturated rings. The molecule has 1 amide bonds. The zero-order valence-electron chi connectivity index (χ0n) is 13.9. The summed E-state index contributed by atoms with van der Waals surface area (Å²) < 4.78 is 37.6. The van der Waals surface area contributed by atoms with Crippen LogP contribution in [0.3, 0.4) is 0 Å². The Morgan fingerprint density at radius 1 is 0.926 bits per heavy atom. The molecule has 1 aromatic heterocycles. The van der Waals surface area contributed by atoms with Crippen LogP contribution in [-0.4, -0.2) is 21.9 Å². The third kappa shape index (κ3) is 5.30. The molecule has 3 aromatic rings. The molecule has 0 unspecified atom stereocenters. The van der Waals surface area contributed by atoms with E-state index in [1.807, 2.05) is 36.4 Å². The number of carbonyl (C=O) groups excluding carboxylic acids is 1. The minimum absolute atomic E-state index is 0.0698. The maximum Gasteiger partial charge on any atom is 0.416 e. The number of hydrogen-bond donors (Lipinski definition) is 1. The zero-order chi connectivity index (χ0) is 19.3. The fourth-order valence-corrected chi connectivity index (χ4v) is 2.85. The molecule has 3 rings (SSSR count). The normalized spacial score (nSPS) is 11.2. The summed E-state index contributed by atoms with van der Waals surface area (Å²) in [5, 5.41) is 11.3. The fourth-order valence-electron chi connectivity index (χ4n) is 2.24. The molecule has 8 heteroatoms. The number of rotatable bonds is 5. The molecular formula is C19H14F3N3OS. The summed E-state index contributed by atoms with van der Waals surface area (Å²) in [4.78, 5) is 12.0. The minimum atomic E-state index is -4.40. The van der Waals surface area contributed by atoms with E-state index in [1.54, 1.807) is 6.07 Å². The first kappa shape index (κ1) is 18.9. The van der Waals surface area contributed by atoms with Crippen molar-refractivity contribution in [1.29, 1.82) is 0 Å². The van der Waals surface area contributed by atoms with Crippen molar-refractivity contribution in [3.05, 3.63) is 72.3 Å². The molecule has 138 valence electrons. The van der Waals surface area contributed by atoms with Gasteiger partial charge >= 0.3 is 6.18 Å². The van der Waals surface area contributed by atoms with Crippen LogP contribution >= 0.6 is 11.8 Å². The van der Waals surface area contributed by atoms with Gasteiger partial charge in [0.2, 0.25) is 5.91 Å². The predicted octanol–water partition coefficient (Wildman–Crippen LogP) is 4.89. The number of thioether (sulfide) groups is 1. The van der Waals surface area contributed by atoms with Crippen LogP contribution in [-0.2, 0) is 11.0 Å². The number of carbonyl (C=O) groups is 1. The third-order valence-corrected chi connectivity index (χ3v) is 4.48. The lowest BCUT2D eigenvalue weighted by molar-refractivity contribution is -0.137. The van der Waals surface area contributed by atoms with Gasteiger partial charge in [0.25, 0.3) is 0 Å². The molecular weight excluding hydrogens is 375 g/mol. The Balaban J connectivity index is 1.53. The molecule has 0 saturated heterocycles. The molecule has 0 spiro atoms. The quantitative estimate of drug-likeness (QED) is 0.631. The monoisotopic (exact) mass is 389 g/mol. The lowest BCUT2D eigenvalue weighted by atomic mass is 10.1. The van der Waals surface area contributed by atoms with Crippen molar-refractivity contribution in [1.82, 2.24) is 10.2 Å². The highest BCUT2D eigenvalue weighted by Crippen LogP contribution is 2.29. The first-order chi connectivity index (χ1) is 12.9. The summed E-state index contributed by atoms with van der Waals surface area (Å²) >= 11 is 1.19. The second-order valence-electron chi connectivity index (χ2n) is 5.53. The van der Waals surface area contributed by atoms with Crippen LogP contribution in [0.4, 0.5) is 18.9 Å². The lowest BCUT2D eigenvalue weighted by Gasteiger charge is -2.08. The van der Waals surface area contributed by atoms with Gasteiger partial charge in [0.05, 0.1) is 17.0 Å². The molecule has 27 heavy (non-hydrogen) atoms. The smallest absolute Gasteiger partial charge is 0.325 e. The molecule has 4 nitrogen and oxygen atoms in total. The van der Waals surface area contributed by atoms with Gasteiger partial charge in [-0.15, -0.1) is 10.2 Å². The van der Waals surface area contributed by atoms with Crippen molar-refractivity contribution in [3.63, 3.8) is 0 Å². The number of aromatic nitrogens is 2. The van der Waals surface area contributed by atoms with E-state index in [1.165, 1.54) is 23.9 Å². The van der Waals surface area contributed by atoms with Gasteiger partial charge in [-0.3, -0.25) is 4.79 Å². The molecule has 0 saturated carbocycles. The highest BCUT2D eigenvalue weighted by Gasteiger charge is 2.29. The van der Waals surface area contributed by atoms with Gasteiger partial charge in [-0.1, -0.05) is 42.1 Å². The van der Waals surface area contributed by atoms with Gasteiger partial charge in [0.1, 0.15) is 5.03 Å². The largest absolute Gasteiger partial charge is 0.416 e. The number of nitrogens with zero attached hydrogens (tertiary/aromatic N) is 2. The lowest BCUT2D eigenvalue weighted by Crippen LogP contribution is -2.14. The SMILES string of the molecule is O=C(CSc1ccc(-c2ccccc2)nn1)Nc1ccc(C(F)(F)F)cc1. The second-order valence-corrected chi connectivity index (χ2v) is 6.53. The van der Waals surface area contributed by atoms with Crippen molar-refractivity contribution in [2.45, 2.75) is 11.2 Å². The number of alkyl halides is 3. The van der Waals surface area contributed by atoms with E-state index < -0.39 is 11.7 Å². The summed E-state index contributed by atoms with van der Waals surface area (Å²) in [5.41, 5.74) is 1.22. The Morgan fingerprint density at radius 2 is 1.63 bits per heavy atom. The summed E-state index contributed by atoms with van der Waals surface area (Å²) in [6.07, 6.45) is -4.40. The van der Waals surface area contributed by atoms with E-state index in [9.17, 15) is 18.0 Å². The first-order valence-corrected chi connectivity index (χ1v) is 8.89. The molecule has 2 aromatic carbocycles. The fraction of sp³-hybridized carbons (Fsp3) is 0.105. The van der Waals surface area contributed by atoms with E-state index in [0.717, 1.165) is 23.4 Å². The molecule has 1 N–H and O–H groups in total. The van der Waals surface area contributed by atoms with Crippen LogP contribution in [0, 0.1) is 0 Å². The molecule has 0 aliphatic rings. The highest BCUT2D eigenvalue weighted by molar-refractivity contribution is 7.99. The average molecular weight is 389 g/mol. The van der Waals surface area contributed by atoms with Gasteiger partial charge < -0.3 is 5.32 Å². The van der Waals surface area contributed by atoms with Crippen molar-refractivity contribution in [2.75, 3.05) is 11.1 Å². The Kier molecular flexibility index (Phi) is 5.75. The number of halogens is 3. The third-order valence-electron chi connectivity index (χ3n) is 3.56. The number of nitrogens with one attached hydrogen (secondary N) is 1. The van der Waals surface area contributed by atoms with Crippen LogP contribution < -0.4 is 5.32 Å². The average Bonchev–Trinajstić information content (AvgIpc) is 2.67. The van der Waals surface area contributed by atoms with Crippen molar-refractivity contribution in [3.8, 4) is 11.3 Å². The van der Waals surface area contributed by atoms with Crippen LogP contribution in [0.5, 0.6) is 0 Å². The molecule has 0 aliphatic heterocycles. The summed E-state index contributed by atoms with van der Waals surface area (Å²) in [5.74, 6) is -0.269. The van der Waals surface area contributed by atoms with Gasteiger partial charge in [0, 0.05) is 11.3 Å². The molecule has 0 atom stereocenters. The Morgan fingerprint density at radius 3 is 2.22 bits per heavy atom. The van der Waals surface area contributed by atoms with Gasteiger partial charge in [-0.2, -0.15) is 13.2 Å². The Labute approximate surface area is 157 Å². The molecule has 0 bridgehead atoms. The van der Waals surface area contributed by atoms with Gasteiger partial charge in [0.15, 0.2) is 0 Å². The number of benzene rings is 2. The van der Waals surface area contributed by atoms with Crippen LogP contribution in [0.1, 0.15) is 5.56 Å². The summed E-state index contributed by atoms with van der Waals surface area (Å²) in [6.45, 7) is 0. The van der Waals surface area contributed by atoms with Crippen LogP contribution in [0.15, 0.2) is 71.8 Å². The Hall–Kier alpha value is -2.87. The minimum Gasteiger partial charge on any atom is -0.325 e. The number of anilines is 1. The van der Waals surface area contributed by atoms with E-state index >= 15 is 0 Å². The molecule has 1 heterocycles. The van der Waals surface area contributed by atoms with Gasteiger partial charge in [-0.25, -0.2) is 0 Å². The summed E-state index contributed by atoms with van der Waals surface area (Å²) in [6, 6.07) is 17.5. The van der Waals surface area contributed by atoms with Crippen molar-refractivity contribution in [2.24, 2.45) is 0 Å². The van der Waals surface area contributed by atoms with E-state index in [-0.39, 0.29) is 11.7 Å². The summed E-state index contributed by atoms with van der Waals surface area (Å²) in [7, 11) is 0. The van der Waals surface area contributed by atoms with Crippen molar-refractivity contribution >= 4 is 23.4 Å². The maximum absolute atomic E-state index is 12.5. The second kappa shape index (κ2) is 8.22. The zero-order valence-corrected chi connectivity index (χ0v) is 14.7.